The summed E-state index contributed by atoms with van der Waals surface area (Å²) in [6.45, 7) is 5.26. The van der Waals surface area contributed by atoms with Crippen LogP contribution in [-0.2, 0) is 9.53 Å². The lowest BCUT2D eigenvalue weighted by Crippen LogP contribution is -2.14. The Bertz CT molecular complexity index is 637. The van der Waals surface area contributed by atoms with E-state index in [9.17, 15) is 9.59 Å². The van der Waals surface area contributed by atoms with Crippen LogP contribution in [0.1, 0.15) is 42.8 Å². The van der Waals surface area contributed by atoms with Crippen molar-refractivity contribution < 1.29 is 23.5 Å². The molecule has 0 amide bonds. The van der Waals surface area contributed by atoms with Gasteiger partial charge in [0.05, 0.1) is 11.5 Å². The van der Waals surface area contributed by atoms with Crippen molar-refractivity contribution in [2.24, 2.45) is 5.92 Å². The molecule has 2 bridgehead atoms. The number of esters is 2. The standard InChI is InChI=1S/C13H12O5/c1-5(2)12(14)16-6(3)9-8-4-7-10(17-8)11(9)18-13(7)15/h4-6H,1-3H3. The summed E-state index contributed by atoms with van der Waals surface area (Å²) in [7, 11) is 0. The number of hydrogen-bond acceptors (Lipinski definition) is 5. The number of carbonyl (C=O) groups is 2. The molecule has 3 rings (SSSR count). The van der Waals surface area contributed by atoms with Crippen LogP contribution in [-0.4, -0.2) is 11.9 Å². The maximum atomic E-state index is 11.6. The van der Waals surface area contributed by atoms with Crippen molar-refractivity contribution in [1.82, 2.24) is 0 Å². The van der Waals surface area contributed by atoms with Crippen molar-refractivity contribution in [1.29, 1.82) is 0 Å². The minimum atomic E-state index is -0.494. The molecule has 2 aromatic heterocycles. The number of rotatable bonds is 3. The van der Waals surface area contributed by atoms with E-state index in [2.05, 4.69) is 0 Å². The van der Waals surface area contributed by atoms with Gasteiger partial charge in [-0.25, -0.2) is 4.79 Å². The molecule has 1 aliphatic rings. The highest BCUT2D eigenvalue weighted by Crippen LogP contribution is 2.47. The molecule has 0 aromatic carbocycles. The molecule has 0 N–H and O–H groups in total. The second-order valence-corrected chi connectivity index (χ2v) is 4.72. The number of carbonyl (C=O) groups excluding carboxylic acids is 2. The summed E-state index contributed by atoms with van der Waals surface area (Å²) in [5, 5.41) is 0. The van der Waals surface area contributed by atoms with E-state index in [1.807, 2.05) is 0 Å². The highest BCUT2D eigenvalue weighted by Gasteiger charge is 2.37. The van der Waals surface area contributed by atoms with E-state index >= 15 is 0 Å². The Morgan fingerprint density at radius 1 is 1.33 bits per heavy atom. The van der Waals surface area contributed by atoms with E-state index in [0.717, 1.165) is 0 Å². The number of benzene rings is 1. The fraction of sp³-hybridized carbons (Fsp3) is 0.385. The van der Waals surface area contributed by atoms with Gasteiger partial charge in [0.25, 0.3) is 0 Å². The molecule has 0 saturated heterocycles. The zero-order chi connectivity index (χ0) is 13.0. The Kier molecular flexibility index (Phi) is 2.14. The highest BCUT2D eigenvalue weighted by atomic mass is 16.6. The second-order valence-electron chi connectivity index (χ2n) is 4.72. The zero-order valence-electron chi connectivity index (χ0n) is 10.3. The van der Waals surface area contributed by atoms with Crippen molar-refractivity contribution >= 4 is 23.1 Å². The van der Waals surface area contributed by atoms with E-state index in [1.165, 1.54) is 0 Å². The van der Waals surface area contributed by atoms with Crippen molar-refractivity contribution in [3.63, 3.8) is 0 Å². The molecule has 3 heterocycles. The van der Waals surface area contributed by atoms with E-state index in [0.29, 0.717) is 28.0 Å². The summed E-state index contributed by atoms with van der Waals surface area (Å²) in [6, 6.07) is 1.63. The molecule has 0 radical (unpaired) electrons. The van der Waals surface area contributed by atoms with Gasteiger partial charge in [-0.2, -0.15) is 0 Å². The average Bonchev–Trinajstić information content (AvgIpc) is 2.89. The summed E-state index contributed by atoms with van der Waals surface area (Å²) in [6.07, 6.45) is -0.494. The van der Waals surface area contributed by atoms with Crippen LogP contribution in [0.5, 0.6) is 5.75 Å². The largest absolute Gasteiger partial charge is 0.457 e. The van der Waals surface area contributed by atoms with E-state index < -0.39 is 12.1 Å². The van der Waals surface area contributed by atoms with Gasteiger partial charge in [0, 0.05) is 0 Å². The van der Waals surface area contributed by atoms with Crippen LogP contribution in [0.4, 0.5) is 0 Å². The first-order valence-electron chi connectivity index (χ1n) is 5.80. The molecule has 2 aromatic rings. The zero-order valence-corrected chi connectivity index (χ0v) is 10.3. The van der Waals surface area contributed by atoms with Gasteiger partial charge in [0.1, 0.15) is 17.3 Å². The average molecular weight is 248 g/mol. The van der Waals surface area contributed by atoms with Gasteiger partial charge in [-0.05, 0) is 13.0 Å². The summed E-state index contributed by atoms with van der Waals surface area (Å²) in [4.78, 5) is 23.0. The van der Waals surface area contributed by atoms with Gasteiger partial charge < -0.3 is 13.9 Å². The second kappa shape index (κ2) is 3.48. The third-order valence-electron chi connectivity index (χ3n) is 3.03. The number of ether oxygens (including phenoxy) is 2. The molecule has 1 atom stereocenters. The van der Waals surface area contributed by atoms with Gasteiger partial charge >= 0.3 is 11.9 Å². The van der Waals surface area contributed by atoms with Gasteiger partial charge in [-0.1, -0.05) is 13.8 Å². The van der Waals surface area contributed by atoms with E-state index in [-0.39, 0.29) is 11.9 Å². The predicted molar refractivity (Wildman–Crippen MR) is 61.7 cm³/mol. The molecule has 0 aliphatic carbocycles. The smallest absolute Gasteiger partial charge is 0.347 e. The van der Waals surface area contributed by atoms with Gasteiger partial charge in [0.2, 0.25) is 0 Å². The quantitative estimate of drug-likeness (QED) is 0.781. The predicted octanol–water partition coefficient (Wildman–Crippen LogP) is 2.66. The molecule has 1 aliphatic heterocycles. The van der Waals surface area contributed by atoms with E-state index in [4.69, 9.17) is 13.9 Å². The summed E-state index contributed by atoms with van der Waals surface area (Å²) in [5.74, 6) is -0.506. The fourth-order valence-electron chi connectivity index (χ4n) is 2.08. The monoisotopic (exact) mass is 248 g/mol. The van der Waals surface area contributed by atoms with Crippen molar-refractivity contribution in [2.45, 2.75) is 26.9 Å². The molecule has 5 heteroatoms. The van der Waals surface area contributed by atoms with Crippen LogP contribution in [0.3, 0.4) is 0 Å². The minimum Gasteiger partial charge on any atom is -0.457 e. The van der Waals surface area contributed by atoms with Gasteiger partial charge in [-0.15, -0.1) is 0 Å². The summed E-state index contributed by atoms with van der Waals surface area (Å²) < 4.78 is 15.9. The van der Waals surface area contributed by atoms with Crippen LogP contribution in [0, 0.1) is 5.92 Å². The van der Waals surface area contributed by atoms with Crippen LogP contribution in [0.25, 0.3) is 11.2 Å². The van der Waals surface area contributed by atoms with Crippen LogP contribution >= 0.6 is 0 Å². The lowest BCUT2D eigenvalue weighted by Gasteiger charge is -2.14. The number of hydrogen-bond donors (Lipinski definition) is 0. The van der Waals surface area contributed by atoms with Crippen LogP contribution < -0.4 is 4.74 Å². The molecule has 18 heavy (non-hydrogen) atoms. The Labute approximate surface area is 103 Å². The van der Waals surface area contributed by atoms with E-state index in [1.54, 1.807) is 26.8 Å². The Morgan fingerprint density at radius 3 is 2.72 bits per heavy atom. The molecule has 0 saturated carbocycles. The first-order valence-corrected chi connectivity index (χ1v) is 5.80. The number of fused-ring (bicyclic) bond motifs is 1. The Hall–Kier alpha value is -2.04. The maximum Gasteiger partial charge on any atom is 0.347 e. The SMILES string of the molecule is CC(C)C(=O)OC(C)c1c2c3oc1cc3C(=O)O2. The molecular formula is C13H12O5. The third kappa shape index (κ3) is 1.33. The van der Waals surface area contributed by atoms with Crippen molar-refractivity contribution in [2.75, 3.05) is 0 Å². The molecule has 5 nitrogen and oxygen atoms in total. The topological polar surface area (TPSA) is 65.7 Å². The van der Waals surface area contributed by atoms with Crippen LogP contribution in [0.2, 0.25) is 0 Å². The summed E-state index contributed by atoms with van der Waals surface area (Å²) >= 11 is 0. The fourth-order valence-corrected chi connectivity index (χ4v) is 2.08. The van der Waals surface area contributed by atoms with Gasteiger partial charge in [0.15, 0.2) is 11.3 Å². The normalized spacial score (nSPS) is 15.4. The summed E-state index contributed by atoms with van der Waals surface area (Å²) in [5.41, 5.74) is 2.09. The van der Waals surface area contributed by atoms with Crippen molar-refractivity contribution in [3.8, 4) is 5.75 Å². The molecule has 0 spiro atoms. The first kappa shape index (κ1) is 11.1. The lowest BCUT2D eigenvalue weighted by molar-refractivity contribution is -0.152. The molecule has 94 valence electrons. The molecular weight excluding hydrogens is 236 g/mol. The van der Waals surface area contributed by atoms with Crippen molar-refractivity contribution in [3.05, 3.63) is 17.2 Å². The Morgan fingerprint density at radius 2 is 2.06 bits per heavy atom. The first-order chi connectivity index (χ1) is 8.49. The highest BCUT2D eigenvalue weighted by molar-refractivity contribution is 6.09. The lowest BCUT2D eigenvalue weighted by atomic mass is 10.1. The molecule has 1 unspecified atom stereocenters. The maximum absolute atomic E-state index is 11.6. The molecule has 0 fully saturated rings. The number of furan rings is 2. The van der Waals surface area contributed by atoms with Crippen LogP contribution in [0.15, 0.2) is 10.5 Å². The minimum absolute atomic E-state index is 0.201. The third-order valence-corrected chi connectivity index (χ3v) is 3.03. The Balaban J connectivity index is 1.93. The van der Waals surface area contributed by atoms with Gasteiger partial charge in [-0.3, -0.25) is 4.79 Å².